The van der Waals surface area contributed by atoms with Crippen LogP contribution >= 0.6 is 0 Å². The smallest absolute Gasteiger partial charge is 0.243 e. The standard InChI is InChI=1S/C20H30N4O3/c1-13(2)3-4-17(25)24-12-20(6-7-20)10-16(24)19(27)23-15(11-21)9-14-5-8-22-18(14)26/h13-16H,3-10,12H2,1-2H3,(H,22,26)(H,23,27)/t14-,15-,16-/m0/s1. The summed E-state index contributed by atoms with van der Waals surface area (Å²) in [5, 5.41) is 15.0. The maximum atomic E-state index is 12.9. The molecule has 3 aliphatic rings. The molecule has 0 bridgehead atoms. The predicted octanol–water partition coefficient (Wildman–Crippen LogP) is 1.34. The van der Waals surface area contributed by atoms with Gasteiger partial charge >= 0.3 is 0 Å². The predicted molar refractivity (Wildman–Crippen MR) is 99.1 cm³/mol. The summed E-state index contributed by atoms with van der Waals surface area (Å²) in [5.41, 5.74) is 0.114. The van der Waals surface area contributed by atoms with Gasteiger partial charge in [0.2, 0.25) is 17.7 Å². The summed E-state index contributed by atoms with van der Waals surface area (Å²) in [6.45, 7) is 5.45. The van der Waals surface area contributed by atoms with E-state index < -0.39 is 12.1 Å². The fourth-order valence-electron chi connectivity index (χ4n) is 4.21. The van der Waals surface area contributed by atoms with Gasteiger partial charge in [0.05, 0.1) is 6.07 Å². The second-order valence-electron chi connectivity index (χ2n) is 8.88. The molecule has 0 radical (unpaired) electrons. The molecule has 3 amide bonds. The van der Waals surface area contributed by atoms with Crippen LogP contribution < -0.4 is 10.6 Å². The van der Waals surface area contributed by atoms with Gasteiger partial charge in [0.1, 0.15) is 12.1 Å². The van der Waals surface area contributed by atoms with Gasteiger partial charge in [-0.1, -0.05) is 13.8 Å². The number of hydrogen-bond donors (Lipinski definition) is 2. The lowest BCUT2D eigenvalue weighted by molar-refractivity contribution is -0.138. The van der Waals surface area contributed by atoms with E-state index in [2.05, 4.69) is 30.6 Å². The second-order valence-corrected chi connectivity index (χ2v) is 8.88. The highest BCUT2D eigenvalue weighted by atomic mass is 16.2. The van der Waals surface area contributed by atoms with Crippen LogP contribution in [0.4, 0.5) is 0 Å². The zero-order valence-corrected chi connectivity index (χ0v) is 16.3. The van der Waals surface area contributed by atoms with Crippen molar-refractivity contribution in [3.05, 3.63) is 0 Å². The monoisotopic (exact) mass is 374 g/mol. The molecule has 3 rings (SSSR count). The van der Waals surface area contributed by atoms with Crippen molar-refractivity contribution in [2.24, 2.45) is 17.3 Å². The van der Waals surface area contributed by atoms with Gasteiger partial charge in [-0.15, -0.1) is 0 Å². The number of nitriles is 1. The molecular formula is C20H30N4O3. The molecule has 0 aromatic heterocycles. The van der Waals surface area contributed by atoms with Gasteiger partial charge in [-0.05, 0) is 49.9 Å². The highest BCUT2D eigenvalue weighted by Gasteiger charge is 2.55. The molecule has 2 N–H and O–H groups in total. The van der Waals surface area contributed by atoms with Crippen molar-refractivity contribution in [2.75, 3.05) is 13.1 Å². The molecule has 1 aliphatic carbocycles. The number of carbonyl (C=O) groups is 3. The summed E-state index contributed by atoms with van der Waals surface area (Å²) in [6, 6.07) is 0.924. The zero-order chi connectivity index (χ0) is 19.6. The Labute approximate surface area is 160 Å². The molecule has 0 aromatic carbocycles. The lowest BCUT2D eigenvalue weighted by atomic mass is 9.98. The lowest BCUT2D eigenvalue weighted by Gasteiger charge is -2.25. The van der Waals surface area contributed by atoms with Gasteiger partial charge in [-0.25, -0.2) is 0 Å². The molecule has 2 aliphatic heterocycles. The number of amides is 3. The normalized spacial score (nSPS) is 26.7. The molecule has 27 heavy (non-hydrogen) atoms. The van der Waals surface area contributed by atoms with Crippen LogP contribution in [0.1, 0.15) is 58.8 Å². The average Bonchev–Trinajstić information content (AvgIpc) is 3.08. The van der Waals surface area contributed by atoms with Gasteiger partial charge < -0.3 is 15.5 Å². The van der Waals surface area contributed by atoms with E-state index in [0.717, 1.165) is 19.3 Å². The van der Waals surface area contributed by atoms with E-state index in [9.17, 15) is 19.6 Å². The maximum Gasteiger partial charge on any atom is 0.243 e. The van der Waals surface area contributed by atoms with Crippen LogP contribution in [0.15, 0.2) is 0 Å². The maximum absolute atomic E-state index is 12.9. The summed E-state index contributed by atoms with van der Waals surface area (Å²) in [6.07, 6.45) is 5.11. The molecule has 2 saturated heterocycles. The Kier molecular flexibility index (Phi) is 5.73. The van der Waals surface area contributed by atoms with Crippen LogP contribution in [-0.4, -0.2) is 47.8 Å². The molecule has 7 heteroatoms. The molecule has 1 spiro atoms. The van der Waals surface area contributed by atoms with Crippen LogP contribution in [0.2, 0.25) is 0 Å². The summed E-state index contributed by atoms with van der Waals surface area (Å²) in [4.78, 5) is 39.0. The van der Waals surface area contributed by atoms with E-state index in [1.807, 2.05) is 0 Å². The minimum Gasteiger partial charge on any atom is -0.356 e. The number of nitrogens with one attached hydrogen (secondary N) is 2. The largest absolute Gasteiger partial charge is 0.356 e. The first-order valence-corrected chi connectivity index (χ1v) is 10.1. The molecule has 0 aromatic rings. The first kappa shape index (κ1) is 19.7. The van der Waals surface area contributed by atoms with Gasteiger partial charge in [-0.3, -0.25) is 14.4 Å². The Morgan fingerprint density at radius 1 is 1.41 bits per heavy atom. The Morgan fingerprint density at radius 2 is 2.15 bits per heavy atom. The quantitative estimate of drug-likeness (QED) is 0.702. The molecule has 2 heterocycles. The van der Waals surface area contributed by atoms with Crippen molar-refractivity contribution in [3.8, 4) is 6.07 Å². The molecular weight excluding hydrogens is 344 g/mol. The molecule has 7 nitrogen and oxygen atoms in total. The number of nitrogens with zero attached hydrogens (tertiary/aromatic N) is 2. The molecule has 3 fully saturated rings. The van der Waals surface area contributed by atoms with E-state index in [0.29, 0.717) is 44.7 Å². The zero-order valence-electron chi connectivity index (χ0n) is 16.3. The Hall–Kier alpha value is -2.10. The molecule has 148 valence electrons. The fraction of sp³-hybridized carbons (Fsp3) is 0.800. The lowest BCUT2D eigenvalue weighted by Crippen LogP contribution is -2.49. The van der Waals surface area contributed by atoms with Crippen molar-refractivity contribution >= 4 is 17.7 Å². The Balaban J connectivity index is 1.61. The summed E-state index contributed by atoms with van der Waals surface area (Å²) < 4.78 is 0. The molecule has 0 unspecified atom stereocenters. The van der Waals surface area contributed by atoms with E-state index in [1.54, 1.807) is 4.90 Å². The Morgan fingerprint density at radius 3 is 2.70 bits per heavy atom. The summed E-state index contributed by atoms with van der Waals surface area (Å²) in [7, 11) is 0. The molecule has 1 saturated carbocycles. The van der Waals surface area contributed by atoms with Gasteiger partial charge in [-0.2, -0.15) is 5.26 Å². The van der Waals surface area contributed by atoms with E-state index in [4.69, 9.17) is 0 Å². The van der Waals surface area contributed by atoms with E-state index in [1.165, 1.54) is 0 Å². The highest BCUT2D eigenvalue weighted by Crippen LogP contribution is 2.55. The van der Waals surface area contributed by atoms with E-state index >= 15 is 0 Å². The average molecular weight is 374 g/mol. The number of carbonyl (C=O) groups excluding carboxylic acids is 3. The highest BCUT2D eigenvalue weighted by molar-refractivity contribution is 5.89. The van der Waals surface area contributed by atoms with Crippen LogP contribution in [-0.2, 0) is 14.4 Å². The second kappa shape index (κ2) is 7.87. The van der Waals surface area contributed by atoms with Gasteiger partial charge in [0.25, 0.3) is 0 Å². The SMILES string of the molecule is CC(C)CCC(=O)N1CC2(CC2)C[C@H]1C(=O)N[C@H](C#N)C[C@@H]1CCNC1=O. The van der Waals surface area contributed by atoms with Crippen LogP contribution in [0.5, 0.6) is 0 Å². The third-order valence-corrected chi connectivity index (χ3v) is 6.18. The minimum atomic E-state index is -0.699. The first-order valence-electron chi connectivity index (χ1n) is 10.1. The number of rotatable bonds is 7. The van der Waals surface area contributed by atoms with Crippen molar-refractivity contribution in [2.45, 2.75) is 70.9 Å². The van der Waals surface area contributed by atoms with Gasteiger partial charge in [0, 0.05) is 25.4 Å². The Bertz CT molecular complexity index is 650. The van der Waals surface area contributed by atoms with Crippen molar-refractivity contribution in [1.29, 1.82) is 5.26 Å². The van der Waals surface area contributed by atoms with Crippen LogP contribution in [0.25, 0.3) is 0 Å². The van der Waals surface area contributed by atoms with Crippen molar-refractivity contribution in [1.82, 2.24) is 15.5 Å². The third-order valence-electron chi connectivity index (χ3n) is 6.18. The number of likely N-dealkylation sites (tertiary alicyclic amines) is 1. The molecule has 3 atom stereocenters. The fourth-order valence-corrected chi connectivity index (χ4v) is 4.21. The minimum absolute atomic E-state index is 0.0382. The van der Waals surface area contributed by atoms with E-state index in [-0.39, 0.29) is 29.1 Å². The van der Waals surface area contributed by atoms with Crippen LogP contribution in [0, 0.1) is 28.6 Å². The first-order chi connectivity index (χ1) is 12.8. The van der Waals surface area contributed by atoms with Crippen molar-refractivity contribution in [3.63, 3.8) is 0 Å². The van der Waals surface area contributed by atoms with Gasteiger partial charge in [0.15, 0.2) is 0 Å². The number of hydrogen-bond acceptors (Lipinski definition) is 4. The topological polar surface area (TPSA) is 102 Å². The third kappa shape index (κ3) is 4.60. The summed E-state index contributed by atoms with van der Waals surface area (Å²) >= 11 is 0. The van der Waals surface area contributed by atoms with Crippen molar-refractivity contribution < 1.29 is 14.4 Å². The van der Waals surface area contributed by atoms with Crippen LogP contribution in [0.3, 0.4) is 0 Å². The summed E-state index contributed by atoms with van der Waals surface area (Å²) in [5.74, 6) is -0.0398.